The van der Waals surface area contributed by atoms with Gasteiger partial charge in [-0.3, -0.25) is 29.2 Å². The van der Waals surface area contributed by atoms with Gasteiger partial charge in [-0.25, -0.2) is 26.3 Å². The Morgan fingerprint density at radius 2 is 0.978 bits per heavy atom. The number of benzene rings is 4. The fraction of sp³-hybridized carbons (Fsp3) is 0.477. The predicted molar refractivity (Wildman–Crippen MR) is 366 cm³/mol. The average molecular weight is 1430 g/mol. The predicted octanol–water partition coefficient (Wildman–Crippen LogP) is 7.35. The summed E-state index contributed by atoms with van der Waals surface area (Å²) >= 11 is 7.01. The Hall–Kier alpha value is -7.20. The van der Waals surface area contributed by atoms with Crippen LogP contribution in [0.1, 0.15) is 128 Å². The molecule has 0 fully saturated rings. The first kappa shape index (κ1) is 70.7. The van der Waals surface area contributed by atoms with Crippen LogP contribution in [-0.4, -0.2) is 125 Å². The second-order valence-corrected chi connectivity index (χ2v) is 30.2. The number of H-pyrrole nitrogens is 2. The third-order valence-electron chi connectivity index (χ3n) is 16.9. The lowest BCUT2D eigenvalue weighted by molar-refractivity contribution is -0.128. The average Bonchev–Trinajstić information content (AvgIpc) is 1.50. The number of nitrogens with one attached hydrogen (secondary N) is 9. The summed E-state index contributed by atoms with van der Waals surface area (Å²) in [5.41, 5.74) is 20.1. The van der Waals surface area contributed by atoms with Crippen LogP contribution in [0.15, 0.2) is 77.5 Å². The van der Waals surface area contributed by atoms with Crippen LogP contribution < -0.4 is 57.0 Å². The zero-order chi connectivity index (χ0) is 67.0. The molecule has 4 aromatic carbocycles. The van der Waals surface area contributed by atoms with Crippen molar-refractivity contribution in [3.63, 3.8) is 0 Å². The van der Waals surface area contributed by atoms with Crippen LogP contribution in [0.4, 0.5) is 0 Å². The van der Waals surface area contributed by atoms with Gasteiger partial charge in [-0.15, -0.1) is 0 Å². The first-order valence-corrected chi connectivity index (χ1v) is 35.5. The van der Waals surface area contributed by atoms with Crippen LogP contribution in [0.2, 0.25) is 0 Å². The maximum atomic E-state index is 13.8. The number of ether oxygens (including phenoxy) is 2. The Balaban J connectivity index is 0.801. The maximum absolute atomic E-state index is 13.8. The van der Waals surface area contributed by atoms with Crippen molar-refractivity contribution in [2.24, 2.45) is 21.5 Å². The second-order valence-electron chi connectivity index (χ2n) is 25.1. The molecule has 0 aliphatic carbocycles. The van der Waals surface area contributed by atoms with E-state index in [9.17, 15) is 36.0 Å². The normalized spacial score (nSPS) is 15.1. The summed E-state index contributed by atoms with van der Waals surface area (Å²) in [7, 11) is -8.27. The number of nitrogens with two attached hydrogens (primary N) is 2. The van der Waals surface area contributed by atoms with Gasteiger partial charge in [0.25, 0.3) is 20.0 Å². The molecular weight excluding hydrogens is 1350 g/mol. The maximum Gasteiger partial charge on any atom is 0.264 e. The Kier molecular flexibility index (Phi) is 22.9. The smallest absolute Gasteiger partial charge is 0.264 e. The number of amides is 4. The number of hydrogen-bond donors (Lipinski definition) is 11. The van der Waals surface area contributed by atoms with E-state index in [2.05, 4.69) is 87.8 Å². The Labute approximate surface area is 555 Å². The van der Waals surface area contributed by atoms with Crippen molar-refractivity contribution in [3.05, 3.63) is 113 Å². The van der Waals surface area contributed by atoms with Gasteiger partial charge in [-0.05, 0) is 195 Å². The summed E-state index contributed by atoms with van der Waals surface area (Å²) < 4.78 is 74.2. The molecule has 4 amide bonds. The number of halogens is 2. The molecule has 2 atom stereocenters. The lowest BCUT2D eigenvalue weighted by Crippen LogP contribution is -2.48. The minimum Gasteiger partial charge on any atom is -0.487 e. The number of sulfonamides is 2. The summed E-state index contributed by atoms with van der Waals surface area (Å²) in [6.07, 6.45) is 7.79. The molecule has 0 bridgehead atoms. The first-order valence-electron chi connectivity index (χ1n) is 31.0. The molecule has 6 aromatic rings. The van der Waals surface area contributed by atoms with Gasteiger partial charge in [0.05, 0.1) is 22.6 Å². The molecule has 92 heavy (non-hydrogen) atoms. The Morgan fingerprint density at radius 1 is 0.565 bits per heavy atom. The van der Waals surface area contributed by atoms with Gasteiger partial charge in [0.15, 0.2) is 0 Å². The van der Waals surface area contributed by atoms with Gasteiger partial charge >= 0.3 is 0 Å². The van der Waals surface area contributed by atoms with Crippen LogP contribution >= 0.6 is 31.9 Å². The standard InChI is InChI=1S/C65H87Br2N13O10S2/c1-36-38(3)58(40(5)48-32-64(7,8)89-56(36)48)91(85,86)79-62(68)73-24-14-16-52(77-54(81)28-42-34-75-50-20-18-44(66)30-46(42)50)60(83)71-23-13-11-12-22-70-26-27-72-61(84)53(78-55(82)29-43-35-76-51-21-19-45(67)31-47(43)51)17-15-25-74-63(69)80-92(87,88)59-39(4)37(2)57-49(41(59)6)33-65(9,10)90-57/h18-21,30-31,34-35,52-53,70,75-76H,11-17,22-29,32-33H2,1-10H3,(H,71,83)(H,72,84)(H,77,81)(H,78,82)(H3,68,73,79)(H3,69,74,80)/t52-,53-/m1/s1. The Bertz CT molecular complexity index is 3830. The minimum atomic E-state index is -4.13. The summed E-state index contributed by atoms with van der Waals surface area (Å²) in [6, 6.07) is 9.61. The lowest BCUT2D eigenvalue weighted by atomic mass is 9.94. The third kappa shape index (κ3) is 17.5. The highest BCUT2D eigenvalue weighted by molar-refractivity contribution is 9.10. The van der Waals surface area contributed by atoms with Crippen molar-refractivity contribution in [3.8, 4) is 11.5 Å². The monoisotopic (exact) mass is 1430 g/mol. The number of aromatic nitrogens is 2. The minimum absolute atomic E-state index is 0.0132. The zero-order valence-electron chi connectivity index (χ0n) is 54.0. The molecule has 2 aromatic heterocycles. The molecule has 0 saturated carbocycles. The highest BCUT2D eigenvalue weighted by atomic mass is 79.9. The summed E-state index contributed by atoms with van der Waals surface area (Å²) in [5.74, 6) is -0.666. The van der Waals surface area contributed by atoms with Gasteiger partial charge in [0, 0.05) is 99.8 Å². The van der Waals surface area contributed by atoms with Crippen LogP contribution in [0.3, 0.4) is 0 Å². The van der Waals surface area contributed by atoms with E-state index in [4.69, 9.17) is 20.9 Å². The van der Waals surface area contributed by atoms with Crippen molar-refractivity contribution in [2.75, 3.05) is 39.3 Å². The number of hydrogen-bond acceptors (Lipinski definition) is 13. The molecule has 0 unspecified atom stereocenters. The zero-order valence-corrected chi connectivity index (χ0v) is 58.8. The van der Waals surface area contributed by atoms with Crippen molar-refractivity contribution in [1.29, 1.82) is 0 Å². The van der Waals surface area contributed by atoms with E-state index in [1.165, 1.54) is 0 Å². The van der Waals surface area contributed by atoms with Gasteiger partial charge in [0.1, 0.15) is 34.8 Å². The molecule has 4 heterocycles. The van der Waals surface area contributed by atoms with Gasteiger partial charge in [-0.2, -0.15) is 0 Å². The fourth-order valence-electron chi connectivity index (χ4n) is 12.1. The van der Waals surface area contributed by atoms with Crippen LogP contribution in [0.25, 0.3) is 21.8 Å². The molecule has 0 radical (unpaired) electrons. The molecular formula is C65H87Br2N13O10S2. The topological polar surface area (TPSA) is 348 Å². The molecule has 2 aliphatic heterocycles. The third-order valence-corrected chi connectivity index (χ3v) is 21.1. The number of guanidine groups is 2. The fourth-order valence-corrected chi connectivity index (χ4v) is 15.9. The van der Waals surface area contributed by atoms with Crippen molar-refractivity contribution in [1.82, 2.24) is 46.0 Å². The highest BCUT2D eigenvalue weighted by Crippen LogP contribution is 2.45. The van der Waals surface area contributed by atoms with E-state index >= 15 is 0 Å². The van der Waals surface area contributed by atoms with Crippen molar-refractivity contribution >= 4 is 109 Å². The molecule has 498 valence electrons. The summed E-state index contributed by atoms with van der Waals surface area (Å²) in [5, 5.41) is 16.8. The molecule has 27 heteroatoms. The van der Waals surface area contributed by atoms with E-state index in [1.54, 1.807) is 40.1 Å². The lowest BCUT2D eigenvalue weighted by Gasteiger charge is -2.19. The number of fused-ring (bicyclic) bond motifs is 4. The molecule has 23 nitrogen and oxygen atoms in total. The summed E-state index contributed by atoms with van der Waals surface area (Å²) in [4.78, 5) is 69.9. The molecule has 0 saturated heterocycles. The van der Waals surface area contributed by atoms with Gasteiger partial charge in [-0.1, -0.05) is 38.3 Å². The van der Waals surface area contributed by atoms with E-state index < -0.39 is 49.2 Å². The number of carbonyl (C=O) groups excluding carboxylic acids is 4. The SMILES string of the molecule is Cc1c(C)c(S(=O)(=O)NC(N)=NCCC[C@@H](NC(=O)Cc2c[nH]c3ccc(Br)cc23)C(=O)NCCCCCNCCNC(=O)[C@@H](CCCN=C(N)NS(=O)(=O)c2c(C)c(C)c3c(c2C)CC(C)(C)O3)NC(=O)Cc2c[nH]c3ccc(Br)cc23)c(C)c2c1OC(C)(C)C2. The summed E-state index contributed by atoms with van der Waals surface area (Å²) in [6.45, 7) is 20.3. The van der Waals surface area contributed by atoms with Crippen LogP contribution in [0.5, 0.6) is 11.5 Å². The number of nitrogens with zero attached hydrogens (tertiary/aromatic N) is 2. The molecule has 0 spiro atoms. The van der Waals surface area contributed by atoms with E-state index in [-0.39, 0.29) is 91.2 Å². The number of aromatic amines is 2. The van der Waals surface area contributed by atoms with E-state index in [0.29, 0.717) is 79.1 Å². The number of carbonyl (C=O) groups is 4. The van der Waals surface area contributed by atoms with Crippen LogP contribution in [-0.2, 0) is 64.9 Å². The van der Waals surface area contributed by atoms with Gasteiger partial charge < -0.3 is 57.5 Å². The number of rotatable bonds is 29. The van der Waals surface area contributed by atoms with E-state index in [1.807, 2.05) is 77.9 Å². The van der Waals surface area contributed by atoms with E-state index in [0.717, 1.165) is 77.0 Å². The Morgan fingerprint density at radius 3 is 1.41 bits per heavy atom. The quantitative estimate of drug-likeness (QED) is 0.0124. The second kappa shape index (κ2) is 29.8. The van der Waals surface area contributed by atoms with Crippen molar-refractivity contribution < 1.29 is 45.5 Å². The van der Waals surface area contributed by atoms with Crippen molar-refractivity contribution in [2.45, 2.75) is 173 Å². The van der Waals surface area contributed by atoms with Crippen LogP contribution in [0, 0.1) is 41.5 Å². The molecule has 13 N–H and O–H groups in total. The molecule has 8 rings (SSSR count). The molecule has 2 aliphatic rings. The number of aliphatic imine (C=N–C) groups is 2. The highest BCUT2D eigenvalue weighted by Gasteiger charge is 2.39. The largest absolute Gasteiger partial charge is 0.487 e. The van der Waals surface area contributed by atoms with Gasteiger partial charge in [0.2, 0.25) is 35.5 Å². The number of unbranched alkanes of at least 4 members (excludes halogenated alkanes) is 2. The first-order chi connectivity index (χ1) is 43.3.